The van der Waals surface area contributed by atoms with E-state index in [0.717, 1.165) is 5.39 Å². The zero-order valence-electron chi connectivity index (χ0n) is 14.7. The van der Waals surface area contributed by atoms with Gasteiger partial charge >= 0.3 is 0 Å². The van der Waals surface area contributed by atoms with Crippen molar-refractivity contribution in [1.29, 1.82) is 0 Å². The SMILES string of the molecule is COc1cc(-c2cccc(N)c2F)cc2c(N3CCOCC3)nc(Cl)nc12. The van der Waals surface area contributed by atoms with Gasteiger partial charge in [-0.2, -0.15) is 4.98 Å². The molecule has 0 spiro atoms. The summed E-state index contributed by atoms with van der Waals surface area (Å²) >= 11 is 6.16. The summed E-state index contributed by atoms with van der Waals surface area (Å²) in [5, 5.41) is 0.864. The van der Waals surface area contributed by atoms with Gasteiger partial charge in [-0.1, -0.05) is 12.1 Å². The number of anilines is 2. The molecular formula is C19H18ClFN4O2. The minimum atomic E-state index is -0.471. The van der Waals surface area contributed by atoms with E-state index in [1.54, 1.807) is 25.3 Å². The zero-order chi connectivity index (χ0) is 19.0. The number of methoxy groups -OCH3 is 1. The zero-order valence-corrected chi connectivity index (χ0v) is 15.5. The van der Waals surface area contributed by atoms with Gasteiger partial charge in [0.1, 0.15) is 17.1 Å². The summed E-state index contributed by atoms with van der Waals surface area (Å²) in [5.41, 5.74) is 7.42. The lowest BCUT2D eigenvalue weighted by molar-refractivity contribution is 0.122. The number of fused-ring (bicyclic) bond motifs is 1. The monoisotopic (exact) mass is 388 g/mol. The van der Waals surface area contributed by atoms with Gasteiger partial charge in [0, 0.05) is 24.0 Å². The van der Waals surface area contributed by atoms with Gasteiger partial charge in [0.15, 0.2) is 5.82 Å². The molecule has 2 N–H and O–H groups in total. The molecule has 140 valence electrons. The minimum Gasteiger partial charge on any atom is -0.494 e. The largest absolute Gasteiger partial charge is 0.494 e. The van der Waals surface area contributed by atoms with Crippen molar-refractivity contribution in [2.24, 2.45) is 0 Å². The first kappa shape index (κ1) is 17.8. The lowest BCUT2D eigenvalue weighted by atomic mass is 10.0. The van der Waals surface area contributed by atoms with Crippen LogP contribution in [0.1, 0.15) is 0 Å². The maximum Gasteiger partial charge on any atom is 0.225 e. The average Bonchev–Trinajstić information content (AvgIpc) is 2.69. The van der Waals surface area contributed by atoms with E-state index in [1.165, 1.54) is 6.07 Å². The number of ether oxygens (including phenoxy) is 2. The fourth-order valence-electron chi connectivity index (χ4n) is 3.26. The van der Waals surface area contributed by atoms with Crippen molar-refractivity contribution in [3.8, 4) is 16.9 Å². The Balaban J connectivity index is 1.97. The molecular weight excluding hydrogens is 371 g/mol. The van der Waals surface area contributed by atoms with E-state index < -0.39 is 5.82 Å². The highest BCUT2D eigenvalue weighted by Crippen LogP contribution is 2.37. The van der Waals surface area contributed by atoms with Crippen molar-refractivity contribution < 1.29 is 13.9 Å². The molecule has 0 radical (unpaired) electrons. The summed E-state index contributed by atoms with van der Waals surface area (Å²) < 4.78 is 25.5. The Labute approximate surface area is 160 Å². The van der Waals surface area contributed by atoms with Crippen molar-refractivity contribution in [3.05, 3.63) is 41.4 Å². The number of nitrogen functional groups attached to an aromatic ring is 1. The molecule has 1 aromatic heterocycles. The van der Waals surface area contributed by atoms with Crippen molar-refractivity contribution in [2.75, 3.05) is 44.0 Å². The Bertz CT molecular complexity index is 1010. The molecule has 4 rings (SSSR count). The van der Waals surface area contributed by atoms with Crippen molar-refractivity contribution in [1.82, 2.24) is 9.97 Å². The molecule has 1 aliphatic heterocycles. The highest BCUT2D eigenvalue weighted by atomic mass is 35.5. The third-order valence-electron chi connectivity index (χ3n) is 4.59. The van der Waals surface area contributed by atoms with Gasteiger partial charge in [-0.15, -0.1) is 0 Å². The van der Waals surface area contributed by atoms with E-state index in [1.807, 2.05) is 6.07 Å². The predicted molar refractivity (Wildman–Crippen MR) is 104 cm³/mol. The summed E-state index contributed by atoms with van der Waals surface area (Å²) in [7, 11) is 1.54. The predicted octanol–water partition coefficient (Wildman–Crippen LogP) is 3.52. The topological polar surface area (TPSA) is 73.5 Å². The van der Waals surface area contributed by atoms with Crippen molar-refractivity contribution in [3.63, 3.8) is 0 Å². The van der Waals surface area contributed by atoms with Crippen LogP contribution < -0.4 is 15.4 Å². The van der Waals surface area contributed by atoms with Crippen LogP contribution in [-0.4, -0.2) is 43.4 Å². The van der Waals surface area contributed by atoms with Crippen molar-refractivity contribution in [2.45, 2.75) is 0 Å². The van der Waals surface area contributed by atoms with Crippen LogP contribution in [0, 0.1) is 5.82 Å². The fourth-order valence-corrected chi connectivity index (χ4v) is 3.42. The first-order valence-corrected chi connectivity index (χ1v) is 8.88. The first-order chi connectivity index (χ1) is 13.1. The Morgan fingerprint density at radius 2 is 2.00 bits per heavy atom. The highest BCUT2D eigenvalue weighted by Gasteiger charge is 2.21. The Kier molecular flexibility index (Phi) is 4.72. The van der Waals surface area contributed by atoms with Gasteiger partial charge < -0.3 is 20.1 Å². The summed E-state index contributed by atoms with van der Waals surface area (Å²) in [6.07, 6.45) is 0. The Morgan fingerprint density at radius 1 is 1.22 bits per heavy atom. The molecule has 8 heteroatoms. The third-order valence-corrected chi connectivity index (χ3v) is 4.76. The van der Waals surface area contributed by atoms with Gasteiger partial charge in [-0.05, 0) is 35.4 Å². The number of aromatic nitrogens is 2. The molecule has 0 bridgehead atoms. The highest BCUT2D eigenvalue weighted by molar-refractivity contribution is 6.29. The van der Waals surface area contributed by atoms with Gasteiger partial charge in [-0.3, -0.25) is 0 Å². The van der Waals surface area contributed by atoms with Crippen LogP contribution in [0.5, 0.6) is 5.75 Å². The van der Waals surface area contributed by atoms with E-state index >= 15 is 0 Å². The summed E-state index contributed by atoms with van der Waals surface area (Å²) in [4.78, 5) is 10.8. The standard InChI is InChI=1S/C19H18ClFN4O2/c1-26-15-10-11(12-3-2-4-14(22)16(12)21)9-13-17(15)23-19(20)24-18(13)25-5-7-27-8-6-25/h2-4,9-10H,5-8,22H2,1H3. The van der Waals surface area contributed by atoms with E-state index in [0.29, 0.717) is 54.5 Å². The number of hydrogen-bond donors (Lipinski definition) is 1. The fraction of sp³-hybridized carbons (Fsp3) is 0.263. The molecule has 0 saturated carbocycles. The van der Waals surface area contributed by atoms with Crippen LogP contribution >= 0.6 is 11.6 Å². The molecule has 27 heavy (non-hydrogen) atoms. The second kappa shape index (κ2) is 7.17. The maximum atomic E-state index is 14.6. The summed E-state index contributed by atoms with van der Waals surface area (Å²) in [5.74, 6) is 0.697. The Hall–Kier alpha value is -2.64. The quantitative estimate of drug-likeness (QED) is 0.546. The molecule has 0 unspecified atom stereocenters. The number of rotatable bonds is 3. The van der Waals surface area contributed by atoms with Crippen molar-refractivity contribution >= 4 is 34.0 Å². The average molecular weight is 389 g/mol. The lowest BCUT2D eigenvalue weighted by Gasteiger charge is -2.29. The van der Waals surface area contributed by atoms with E-state index in [2.05, 4.69) is 14.9 Å². The molecule has 1 saturated heterocycles. The number of benzene rings is 2. The number of halogens is 2. The molecule has 6 nitrogen and oxygen atoms in total. The molecule has 0 amide bonds. The van der Waals surface area contributed by atoms with Gasteiger partial charge in [0.2, 0.25) is 5.28 Å². The molecule has 0 atom stereocenters. The number of hydrogen-bond acceptors (Lipinski definition) is 6. The van der Waals surface area contributed by atoms with E-state index in [-0.39, 0.29) is 11.0 Å². The second-order valence-electron chi connectivity index (χ2n) is 6.20. The third kappa shape index (κ3) is 3.24. The van der Waals surface area contributed by atoms with Gasteiger partial charge in [0.25, 0.3) is 0 Å². The Morgan fingerprint density at radius 3 is 2.74 bits per heavy atom. The minimum absolute atomic E-state index is 0.0901. The number of morpholine rings is 1. The van der Waals surface area contributed by atoms with Gasteiger partial charge in [0.05, 0.1) is 26.0 Å². The lowest BCUT2D eigenvalue weighted by Crippen LogP contribution is -2.37. The molecule has 1 fully saturated rings. The van der Waals surface area contributed by atoms with Crippen LogP contribution in [0.3, 0.4) is 0 Å². The number of nitrogens with two attached hydrogens (primary N) is 1. The molecule has 3 aromatic rings. The van der Waals surface area contributed by atoms with Crippen LogP contribution in [0.4, 0.5) is 15.9 Å². The molecule has 0 aliphatic carbocycles. The summed E-state index contributed by atoms with van der Waals surface area (Å²) in [6.45, 7) is 2.57. The molecule has 2 aromatic carbocycles. The summed E-state index contributed by atoms with van der Waals surface area (Å²) in [6, 6.07) is 8.49. The van der Waals surface area contributed by atoms with Crippen LogP contribution in [-0.2, 0) is 4.74 Å². The smallest absolute Gasteiger partial charge is 0.225 e. The molecule has 2 heterocycles. The van der Waals surface area contributed by atoms with Crippen LogP contribution in [0.25, 0.3) is 22.0 Å². The number of nitrogens with zero attached hydrogens (tertiary/aromatic N) is 3. The maximum absolute atomic E-state index is 14.6. The van der Waals surface area contributed by atoms with Crippen LogP contribution in [0.15, 0.2) is 30.3 Å². The first-order valence-electron chi connectivity index (χ1n) is 8.51. The normalized spacial score (nSPS) is 14.6. The molecule has 1 aliphatic rings. The van der Waals surface area contributed by atoms with Crippen LogP contribution in [0.2, 0.25) is 5.28 Å². The second-order valence-corrected chi connectivity index (χ2v) is 6.54. The van der Waals surface area contributed by atoms with E-state index in [4.69, 9.17) is 26.8 Å². The van der Waals surface area contributed by atoms with E-state index in [9.17, 15) is 4.39 Å². The van der Waals surface area contributed by atoms with Gasteiger partial charge in [-0.25, -0.2) is 9.37 Å².